The second-order valence-electron chi connectivity index (χ2n) is 6.24. The maximum atomic E-state index is 8.73. The summed E-state index contributed by atoms with van der Waals surface area (Å²) in [6.07, 6.45) is 13.4. The summed E-state index contributed by atoms with van der Waals surface area (Å²) < 4.78 is 5.74. The molecular formula is C20H33NO2. The molecule has 0 saturated carbocycles. The maximum absolute atomic E-state index is 8.73. The van der Waals surface area contributed by atoms with Crippen LogP contribution in [0.5, 0.6) is 5.75 Å². The van der Waals surface area contributed by atoms with Gasteiger partial charge < -0.3 is 9.94 Å². The summed E-state index contributed by atoms with van der Waals surface area (Å²) in [4.78, 5) is 0. The lowest BCUT2D eigenvalue weighted by molar-refractivity contribution is 0.304. The zero-order valence-corrected chi connectivity index (χ0v) is 14.9. The number of benzene rings is 1. The Morgan fingerprint density at radius 3 is 1.91 bits per heavy atom. The number of ether oxygens (including phenoxy) is 1. The van der Waals surface area contributed by atoms with Gasteiger partial charge >= 0.3 is 0 Å². The number of oxime groups is 1. The predicted molar refractivity (Wildman–Crippen MR) is 97.8 cm³/mol. The molecule has 0 unspecified atom stereocenters. The molecular weight excluding hydrogens is 286 g/mol. The monoisotopic (exact) mass is 319 g/mol. The van der Waals surface area contributed by atoms with Crippen molar-refractivity contribution in [1.82, 2.24) is 0 Å². The van der Waals surface area contributed by atoms with E-state index in [1.807, 2.05) is 24.3 Å². The van der Waals surface area contributed by atoms with Crippen LogP contribution in [0.1, 0.15) is 83.6 Å². The summed E-state index contributed by atoms with van der Waals surface area (Å²) >= 11 is 0. The molecule has 1 rings (SSSR count). The quantitative estimate of drug-likeness (QED) is 0.204. The number of nitrogens with zero attached hydrogens (tertiary/aromatic N) is 1. The SMILES string of the molecule is CCCCCCCCCCCCOc1ccc(C(C)=NO)cc1. The van der Waals surface area contributed by atoms with Gasteiger partial charge in [-0.3, -0.25) is 0 Å². The lowest BCUT2D eigenvalue weighted by Crippen LogP contribution is -1.98. The fourth-order valence-electron chi connectivity index (χ4n) is 2.63. The van der Waals surface area contributed by atoms with Crippen LogP contribution in [-0.4, -0.2) is 17.5 Å². The highest BCUT2D eigenvalue weighted by Crippen LogP contribution is 2.14. The minimum atomic E-state index is 0.617. The molecule has 0 bridgehead atoms. The molecule has 1 aromatic rings. The van der Waals surface area contributed by atoms with E-state index in [1.54, 1.807) is 6.92 Å². The first-order valence-electron chi connectivity index (χ1n) is 9.19. The van der Waals surface area contributed by atoms with E-state index in [0.717, 1.165) is 24.3 Å². The third-order valence-corrected chi connectivity index (χ3v) is 4.19. The number of unbranched alkanes of at least 4 members (excludes halogenated alkanes) is 9. The van der Waals surface area contributed by atoms with Gasteiger partial charge in [-0.2, -0.15) is 0 Å². The first kappa shape index (κ1) is 19.5. The third kappa shape index (κ3) is 9.27. The fourth-order valence-corrected chi connectivity index (χ4v) is 2.63. The summed E-state index contributed by atoms with van der Waals surface area (Å²) in [7, 11) is 0. The molecule has 0 aliphatic heterocycles. The van der Waals surface area contributed by atoms with E-state index in [9.17, 15) is 0 Å². The Bertz CT molecular complexity index is 426. The van der Waals surface area contributed by atoms with Gasteiger partial charge in [0.15, 0.2) is 0 Å². The molecule has 0 saturated heterocycles. The number of rotatable bonds is 13. The van der Waals surface area contributed by atoms with Gasteiger partial charge in [-0.15, -0.1) is 0 Å². The van der Waals surface area contributed by atoms with E-state index >= 15 is 0 Å². The van der Waals surface area contributed by atoms with E-state index in [-0.39, 0.29) is 0 Å². The topological polar surface area (TPSA) is 41.8 Å². The molecule has 0 spiro atoms. The lowest BCUT2D eigenvalue weighted by Gasteiger charge is -2.07. The van der Waals surface area contributed by atoms with Gasteiger partial charge in [-0.05, 0) is 43.2 Å². The largest absolute Gasteiger partial charge is 0.494 e. The van der Waals surface area contributed by atoms with Crippen molar-refractivity contribution in [2.45, 2.75) is 78.1 Å². The van der Waals surface area contributed by atoms with Crippen molar-refractivity contribution in [1.29, 1.82) is 0 Å². The van der Waals surface area contributed by atoms with Gasteiger partial charge in [0.05, 0.1) is 12.3 Å². The minimum absolute atomic E-state index is 0.617. The number of hydrogen-bond acceptors (Lipinski definition) is 3. The van der Waals surface area contributed by atoms with Crippen LogP contribution in [0.3, 0.4) is 0 Å². The second kappa shape index (κ2) is 13.0. The minimum Gasteiger partial charge on any atom is -0.494 e. The van der Waals surface area contributed by atoms with Gasteiger partial charge in [-0.25, -0.2) is 0 Å². The van der Waals surface area contributed by atoms with Crippen molar-refractivity contribution in [2.75, 3.05) is 6.61 Å². The van der Waals surface area contributed by atoms with Gasteiger partial charge in [0.2, 0.25) is 0 Å². The van der Waals surface area contributed by atoms with E-state index < -0.39 is 0 Å². The summed E-state index contributed by atoms with van der Waals surface area (Å²) in [5.74, 6) is 0.885. The zero-order chi connectivity index (χ0) is 16.8. The lowest BCUT2D eigenvalue weighted by atomic mass is 10.1. The molecule has 0 amide bonds. The van der Waals surface area contributed by atoms with Crippen molar-refractivity contribution in [2.24, 2.45) is 5.16 Å². The van der Waals surface area contributed by atoms with Crippen molar-refractivity contribution in [3.8, 4) is 5.75 Å². The molecule has 0 aromatic heterocycles. The Balaban J connectivity index is 1.99. The molecule has 0 heterocycles. The first-order chi connectivity index (χ1) is 11.3. The van der Waals surface area contributed by atoms with Crippen molar-refractivity contribution >= 4 is 5.71 Å². The van der Waals surface area contributed by atoms with Gasteiger partial charge in [0.1, 0.15) is 5.75 Å². The van der Waals surface area contributed by atoms with Crippen LogP contribution in [-0.2, 0) is 0 Å². The van der Waals surface area contributed by atoms with Crippen LogP contribution >= 0.6 is 0 Å². The van der Waals surface area contributed by atoms with Crippen LogP contribution in [0.25, 0.3) is 0 Å². The molecule has 0 fully saturated rings. The number of hydrogen-bond donors (Lipinski definition) is 1. The average Bonchev–Trinajstić information content (AvgIpc) is 2.59. The second-order valence-corrected chi connectivity index (χ2v) is 6.24. The molecule has 0 atom stereocenters. The summed E-state index contributed by atoms with van der Waals surface area (Å²) in [6, 6.07) is 7.70. The van der Waals surface area contributed by atoms with Crippen LogP contribution < -0.4 is 4.74 Å². The summed E-state index contributed by atoms with van der Waals surface area (Å²) in [5, 5.41) is 11.9. The molecule has 23 heavy (non-hydrogen) atoms. The molecule has 0 radical (unpaired) electrons. The predicted octanol–water partition coefficient (Wildman–Crippen LogP) is 6.18. The van der Waals surface area contributed by atoms with E-state index in [0.29, 0.717) is 5.71 Å². The van der Waals surface area contributed by atoms with Crippen LogP contribution in [0.4, 0.5) is 0 Å². The highest BCUT2D eigenvalue weighted by molar-refractivity contribution is 5.98. The Hall–Kier alpha value is -1.51. The van der Waals surface area contributed by atoms with Gasteiger partial charge in [0.25, 0.3) is 0 Å². The Kier molecular flexibility index (Phi) is 11.0. The van der Waals surface area contributed by atoms with Crippen molar-refractivity contribution in [3.05, 3.63) is 29.8 Å². The third-order valence-electron chi connectivity index (χ3n) is 4.19. The normalized spacial score (nSPS) is 11.7. The Labute approximate surface area is 141 Å². The highest BCUT2D eigenvalue weighted by atomic mass is 16.5. The standard InChI is InChI=1S/C20H33NO2/c1-3-4-5-6-7-8-9-10-11-12-17-23-20-15-13-19(14-16-20)18(2)21-22/h13-16,22H,3-12,17H2,1-2H3. The van der Waals surface area contributed by atoms with E-state index in [4.69, 9.17) is 9.94 Å². The first-order valence-corrected chi connectivity index (χ1v) is 9.19. The Morgan fingerprint density at radius 1 is 0.870 bits per heavy atom. The maximum Gasteiger partial charge on any atom is 0.119 e. The average molecular weight is 319 g/mol. The smallest absolute Gasteiger partial charge is 0.119 e. The molecule has 1 N–H and O–H groups in total. The van der Waals surface area contributed by atoms with E-state index in [2.05, 4.69) is 12.1 Å². The summed E-state index contributed by atoms with van der Waals surface area (Å²) in [6.45, 7) is 4.82. The molecule has 0 aliphatic rings. The van der Waals surface area contributed by atoms with Gasteiger partial charge in [0, 0.05) is 0 Å². The van der Waals surface area contributed by atoms with E-state index in [1.165, 1.54) is 57.8 Å². The van der Waals surface area contributed by atoms with Crippen LogP contribution in [0, 0.1) is 0 Å². The molecule has 0 aliphatic carbocycles. The molecule has 130 valence electrons. The Morgan fingerprint density at radius 2 is 1.39 bits per heavy atom. The molecule has 3 nitrogen and oxygen atoms in total. The van der Waals surface area contributed by atoms with Gasteiger partial charge in [-0.1, -0.05) is 69.9 Å². The van der Waals surface area contributed by atoms with Crippen molar-refractivity contribution in [3.63, 3.8) is 0 Å². The molecule has 3 heteroatoms. The van der Waals surface area contributed by atoms with Crippen LogP contribution in [0.2, 0.25) is 0 Å². The highest BCUT2D eigenvalue weighted by Gasteiger charge is 1.99. The fraction of sp³-hybridized carbons (Fsp3) is 0.650. The van der Waals surface area contributed by atoms with Crippen molar-refractivity contribution < 1.29 is 9.94 Å². The summed E-state index contributed by atoms with van der Waals surface area (Å²) in [5.41, 5.74) is 1.53. The zero-order valence-electron chi connectivity index (χ0n) is 14.9. The molecule has 1 aromatic carbocycles. The van der Waals surface area contributed by atoms with Crippen LogP contribution in [0.15, 0.2) is 29.4 Å².